The first-order valence-corrected chi connectivity index (χ1v) is 4.83. The molecule has 0 aliphatic heterocycles. The molecule has 0 aromatic carbocycles. The van der Waals surface area contributed by atoms with Gasteiger partial charge in [0.15, 0.2) is 0 Å². The van der Waals surface area contributed by atoms with Gasteiger partial charge in [-0.25, -0.2) is 4.79 Å². The van der Waals surface area contributed by atoms with Crippen LogP contribution in [0.2, 0.25) is 0 Å². The third-order valence-corrected chi connectivity index (χ3v) is 1.63. The third kappa shape index (κ3) is 8.74. The van der Waals surface area contributed by atoms with E-state index in [0.717, 1.165) is 0 Å². The number of ether oxygens (including phenoxy) is 2. The van der Waals surface area contributed by atoms with Gasteiger partial charge in [-0.1, -0.05) is 30.4 Å². The van der Waals surface area contributed by atoms with Crippen LogP contribution in [0.1, 0.15) is 12.8 Å². The largest absolute Gasteiger partial charge is 0.469 e. The highest BCUT2D eigenvalue weighted by atomic mass is 16.5. The minimum absolute atomic E-state index is 0.259. The summed E-state index contributed by atoms with van der Waals surface area (Å²) in [6, 6.07) is 0. The van der Waals surface area contributed by atoms with Gasteiger partial charge in [-0.2, -0.15) is 0 Å². The van der Waals surface area contributed by atoms with Gasteiger partial charge in [0.05, 0.1) is 20.6 Å². The Morgan fingerprint density at radius 1 is 1.00 bits per heavy atom. The fourth-order valence-electron chi connectivity index (χ4n) is 0.797. The molecule has 4 heteroatoms. The molecule has 16 heavy (non-hydrogen) atoms. The van der Waals surface area contributed by atoms with Crippen LogP contribution in [0.15, 0.2) is 36.5 Å². The van der Waals surface area contributed by atoms with E-state index in [1.165, 1.54) is 20.3 Å². The van der Waals surface area contributed by atoms with Crippen LogP contribution in [0.25, 0.3) is 0 Å². The SMILES string of the molecule is COC(=O)/C=C/C=C/C/C=C/CC(=O)OC. The summed E-state index contributed by atoms with van der Waals surface area (Å²) in [6.45, 7) is 0. The molecular weight excluding hydrogens is 208 g/mol. The molecule has 0 bridgehead atoms. The molecule has 0 aromatic heterocycles. The van der Waals surface area contributed by atoms with Crippen molar-refractivity contribution >= 4 is 11.9 Å². The van der Waals surface area contributed by atoms with Gasteiger partial charge in [-0.05, 0) is 6.42 Å². The number of hydrogen-bond acceptors (Lipinski definition) is 4. The first-order chi connectivity index (χ1) is 7.70. The zero-order chi connectivity index (χ0) is 12.2. The molecule has 0 aliphatic carbocycles. The predicted molar refractivity (Wildman–Crippen MR) is 60.7 cm³/mol. The molecule has 0 saturated heterocycles. The molecule has 0 spiro atoms. The maximum absolute atomic E-state index is 10.7. The molecule has 0 amide bonds. The van der Waals surface area contributed by atoms with Crippen molar-refractivity contribution in [2.24, 2.45) is 0 Å². The molecule has 0 aromatic rings. The van der Waals surface area contributed by atoms with Crippen molar-refractivity contribution in [1.29, 1.82) is 0 Å². The lowest BCUT2D eigenvalue weighted by molar-refractivity contribution is -0.139. The normalized spacial score (nSPS) is 11.4. The second kappa shape index (κ2) is 9.71. The topological polar surface area (TPSA) is 52.6 Å². The van der Waals surface area contributed by atoms with E-state index in [-0.39, 0.29) is 18.4 Å². The smallest absolute Gasteiger partial charge is 0.330 e. The van der Waals surface area contributed by atoms with E-state index in [1.807, 2.05) is 12.2 Å². The Hall–Kier alpha value is -1.84. The van der Waals surface area contributed by atoms with Crippen molar-refractivity contribution in [1.82, 2.24) is 0 Å². The molecule has 0 aliphatic rings. The van der Waals surface area contributed by atoms with Crippen LogP contribution in [0, 0.1) is 0 Å². The van der Waals surface area contributed by atoms with Crippen molar-refractivity contribution in [2.75, 3.05) is 14.2 Å². The van der Waals surface area contributed by atoms with Gasteiger partial charge in [0.1, 0.15) is 0 Å². The Morgan fingerprint density at radius 3 is 2.38 bits per heavy atom. The monoisotopic (exact) mass is 224 g/mol. The van der Waals surface area contributed by atoms with Gasteiger partial charge in [-0.3, -0.25) is 4.79 Å². The number of esters is 2. The molecule has 88 valence electrons. The first kappa shape index (κ1) is 14.2. The van der Waals surface area contributed by atoms with Gasteiger partial charge in [-0.15, -0.1) is 0 Å². The summed E-state index contributed by atoms with van der Waals surface area (Å²) in [5, 5.41) is 0. The standard InChI is InChI=1S/C12H16O4/c1-15-11(13)9-7-5-3-4-6-8-10-12(14)16-2/h3,5-9H,4,10H2,1-2H3/b5-3+,8-6+,9-7+. The highest BCUT2D eigenvalue weighted by molar-refractivity contribution is 5.82. The Morgan fingerprint density at radius 2 is 1.75 bits per heavy atom. The molecule has 0 atom stereocenters. The average Bonchev–Trinajstić information content (AvgIpc) is 2.31. The van der Waals surface area contributed by atoms with Crippen molar-refractivity contribution in [2.45, 2.75) is 12.8 Å². The van der Waals surface area contributed by atoms with Crippen LogP contribution in [-0.2, 0) is 19.1 Å². The number of carbonyl (C=O) groups is 2. The number of rotatable bonds is 6. The average molecular weight is 224 g/mol. The number of carbonyl (C=O) groups excluding carboxylic acids is 2. The van der Waals surface area contributed by atoms with Crippen molar-refractivity contribution < 1.29 is 19.1 Å². The maximum Gasteiger partial charge on any atom is 0.330 e. The molecular formula is C12H16O4. The van der Waals surface area contributed by atoms with Crippen LogP contribution >= 0.6 is 0 Å². The van der Waals surface area contributed by atoms with E-state index in [0.29, 0.717) is 6.42 Å². The molecule has 0 rings (SSSR count). The van der Waals surface area contributed by atoms with Gasteiger partial charge in [0.25, 0.3) is 0 Å². The molecule has 4 nitrogen and oxygen atoms in total. The summed E-state index contributed by atoms with van der Waals surface area (Å²) in [4.78, 5) is 21.3. The van der Waals surface area contributed by atoms with E-state index >= 15 is 0 Å². The zero-order valence-corrected chi connectivity index (χ0v) is 9.51. The molecule has 0 N–H and O–H groups in total. The van der Waals surface area contributed by atoms with Crippen molar-refractivity contribution in [3.05, 3.63) is 36.5 Å². The lowest BCUT2D eigenvalue weighted by Crippen LogP contribution is -1.96. The molecule has 0 fully saturated rings. The third-order valence-electron chi connectivity index (χ3n) is 1.63. The Bertz CT molecular complexity index is 300. The highest BCUT2D eigenvalue weighted by Gasteiger charge is 1.92. The maximum atomic E-state index is 10.7. The first-order valence-electron chi connectivity index (χ1n) is 4.83. The zero-order valence-electron chi connectivity index (χ0n) is 9.51. The van der Waals surface area contributed by atoms with Gasteiger partial charge in [0, 0.05) is 6.08 Å². The highest BCUT2D eigenvalue weighted by Crippen LogP contribution is 1.91. The fraction of sp³-hybridized carbons (Fsp3) is 0.333. The Labute approximate surface area is 95.2 Å². The number of allylic oxidation sites excluding steroid dienone is 4. The number of methoxy groups -OCH3 is 2. The second-order valence-corrected chi connectivity index (χ2v) is 2.80. The summed E-state index contributed by atoms with van der Waals surface area (Å²) in [5.74, 6) is -0.642. The van der Waals surface area contributed by atoms with Gasteiger partial charge >= 0.3 is 11.9 Å². The fourth-order valence-corrected chi connectivity index (χ4v) is 0.797. The molecule has 0 radical (unpaired) electrons. The quantitative estimate of drug-likeness (QED) is 0.299. The minimum atomic E-state index is -0.383. The lowest BCUT2D eigenvalue weighted by atomic mass is 10.3. The summed E-state index contributed by atoms with van der Waals surface area (Å²) < 4.78 is 8.87. The van der Waals surface area contributed by atoms with Crippen LogP contribution < -0.4 is 0 Å². The van der Waals surface area contributed by atoms with Crippen LogP contribution in [0.5, 0.6) is 0 Å². The van der Waals surface area contributed by atoms with Gasteiger partial charge < -0.3 is 9.47 Å². The minimum Gasteiger partial charge on any atom is -0.469 e. The number of hydrogen-bond donors (Lipinski definition) is 0. The lowest BCUT2D eigenvalue weighted by Gasteiger charge is -1.90. The molecule has 0 unspecified atom stereocenters. The van der Waals surface area contributed by atoms with Crippen LogP contribution in [-0.4, -0.2) is 26.2 Å². The van der Waals surface area contributed by atoms with Gasteiger partial charge in [0.2, 0.25) is 0 Å². The molecule has 0 saturated carbocycles. The summed E-state index contributed by atoms with van der Waals surface area (Å²) >= 11 is 0. The van der Waals surface area contributed by atoms with Crippen molar-refractivity contribution in [3.8, 4) is 0 Å². The van der Waals surface area contributed by atoms with E-state index in [9.17, 15) is 9.59 Å². The van der Waals surface area contributed by atoms with E-state index in [2.05, 4.69) is 9.47 Å². The van der Waals surface area contributed by atoms with E-state index in [1.54, 1.807) is 18.2 Å². The van der Waals surface area contributed by atoms with Crippen molar-refractivity contribution in [3.63, 3.8) is 0 Å². The molecule has 0 heterocycles. The van der Waals surface area contributed by atoms with Crippen LogP contribution in [0.3, 0.4) is 0 Å². The van der Waals surface area contributed by atoms with E-state index in [4.69, 9.17) is 0 Å². The van der Waals surface area contributed by atoms with Crippen LogP contribution in [0.4, 0.5) is 0 Å². The Kier molecular flexibility index (Phi) is 8.59. The summed E-state index contributed by atoms with van der Waals surface area (Å²) in [5.41, 5.74) is 0. The summed E-state index contributed by atoms with van der Waals surface area (Å²) in [6.07, 6.45) is 11.1. The Balaban J connectivity index is 3.65. The summed E-state index contributed by atoms with van der Waals surface area (Å²) in [7, 11) is 2.68. The second-order valence-electron chi connectivity index (χ2n) is 2.80. The predicted octanol–water partition coefficient (Wildman–Crippen LogP) is 1.78. The van der Waals surface area contributed by atoms with E-state index < -0.39 is 0 Å².